The Morgan fingerprint density at radius 1 is 1.48 bits per heavy atom. The smallest absolute Gasteiger partial charge is 0.169 e. The number of pyridine rings is 1. The van der Waals surface area contributed by atoms with E-state index in [0.29, 0.717) is 6.04 Å². The molecule has 0 amide bonds. The van der Waals surface area contributed by atoms with Crippen LogP contribution in [0.3, 0.4) is 0 Å². The summed E-state index contributed by atoms with van der Waals surface area (Å²) in [6, 6.07) is 4.46. The first kappa shape index (κ1) is 18.1. The number of rotatable bonds is 7. The molecule has 0 spiro atoms. The summed E-state index contributed by atoms with van der Waals surface area (Å²) in [6.07, 6.45) is 4.77. The summed E-state index contributed by atoms with van der Waals surface area (Å²) < 4.78 is 5.42. The maximum absolute atomic E-state index is 5.64. The first-order valence-corrected chi connectivity index (χ1v) is 8.84. The molecule has 2 rings (SSSR count). The lowest BCUT2D eigenvalue weighted by atomic mass is 10.2. The molecule has 1 aromatic heterocycles. The van der Waals surface area contributed by atoms with E-state index in [4.69, 9.17) is 17.0 Å². The van der Waals surface area contributed by atoms with E-state index >= 15 is 0 Å². The molecule has 2 heterocycles. The van der Waals surface area contributed by atoms with Crippen LogP contribution in [0.25, 0.3) is 0 Å². The largest absolute Gasteiger partial charge is 0.379 e. The Hall–Kier alpha value is -1.24. The quantitative estimate of drug-likeness (QED) is 0.767. The number of thiocarbonyl (C=S) groups is 1. The van der Waals surface area contributed by atoms with Crippen molar-refractivity contribution in [3.63, 3.8) is 0 Å². The second-order valence-electron chi connectivity index (χ2n) is 6.00. The molecule has 0 aliphatic carbocycles. The van der Waals surface area contributed by atoms with Crippen LogP contribution < -0.4 is 5.32 Å². The molecule has 5 nitrogen and oxygen atoms in total. The zero-order chi connectivity index (χ0) is 16.5. The van der Waals surface area contributed by atoms with Gasteiger partial charge in [-0.3, -0.25) is 9.88 Å². The lowest BCUT2D eigenvalue weighted by Crippen LogP contribution is -2.47. The summed E-state index contributed by atoms with van der Waals surface area (Å²) in [4.78, 5) is 8.89. The predicted molar refractivity (Wildman–Crippen MR) is 97.4 cm³/mol. The van der Waals surface area contributed by atoms with Crippen LogP contribution in [0, 0.1) is 0 Å². The predicted octanol–water partition coefficient (Wildman–Crippen LogP) is 1.89. The van der Waals surface area contributed by atoms with Gasteiger partial charge < -0.3 is 15.0 Å². The Morgan fingerprint density at radius 3 is 2.91 bits per heavy atom. The minimum absolute atomic E-state index is 0.391. The fraction of sp³-hybridized carbons (Fsp3) is 0.647. The second kappa shape index (κ2) is 9.80. The molecule has 6 heteroatoms. The molecular formula is C17H28N4OS. The highest BCUT2D eigenvalue weighted by atomic mass is 32.1. The van der Waals surface area contributed by atoms with Crippen LogP contribution in [0.1, 0.15) is 25.8 Å². The third kappa shape index (κ3) is 6.41. The molecule has 1 aromatic rings. The van der Waals surface area contributed by atoms with Crippen LogP contribution in [0.5, 0.6) is 0 Å². The van der Waals surface area contributed by atoms with Crippen molar-refractivity contribution in [1.82, 2.24) is 20.1 Å². The summed E-state index contributed by atoms with van der Waals surface area (Å²) in [7, 11) is 0. The van der Waals surface area contributed by atoms with Crippen molar-refractivity contribution in [3.05, 3.63) is 30.1 Å². The van der Waals surface area contributed by atoms with Gasteiger partial charge in [0, 0.05) is 51.2 Å². The molecule has 1 atom stereocenters. The number of morpholine rings is 1. The zero-order valence-electron chi connectivity index (χ0n) is 14.2. The average Bonchev–Trinajstić information content (AvgIpc) is 2.60. The van der Waals surface area contributed by atoms with E-state index in [1.54, 1.807) is 6.20 Å². The minimum Gasteiger partial charge on any atom is -0.379 e. The number of aromatic nitrogens is 1. The number of hydrogen-bond donors (Lipinski definition) is 1. The first-order valence-electron chi connectivity index (χ1n) is 8.43. The monoisotopic (exact) mass is 336 g/mol. The lowest BCUT2D eigenvalue weighted by Gasteiger charge is -2.32. The molecule has 1 unspecified atom stereocenters. The van der Waals surface area contributed by atoms with Gasteiger partial charge in [0.25, 0.3) is 0 Å². The van der Waals surface area contributed by atoms with Gasteiger partial charge >= 0.3 is 0 Å². The van der Waals surface area contributed by atoms with E-state index in [2.05, 4.69) is 40.0 Å². The minimum atomic E-state index is 0.391. The fourth-order valence-electron chi connectivity index (χ4n) is 2.46. The highest BCUT2D eigenvalue weighted by molar-refractivity contribution is 7.80. The molecule has 0 saturated carbocycles. The van der Waals surface area contributed by atoms with Crippen molar-refractivity contribution < 1.29 is 4.74 Å². The molecule has 23 heavy (non-hydrogen) atoms. The van der Waals surface area contributed by atoms with Crippen LogP contribution in [0.2, 0.25) is 0 Å². The van der Waals surface area contributed by atoms with Crippen LogP contribution >= 0.6 is 12.2 Å². The van der Waals surface area contributed by atoms with Crippen LogP contribution in [-0.4, -0.2) is 65.3 Å². The SMILES string of the molecule is CCC(C)NC(=S)N(CCN1CCOCC1)Cc1cccnc1. The van der Waals surface area contributed by atoms with Gasteiger partial charge in [0.1, 0.15) is 0 Å². The highest BCUT2D eigenvalue weighted by Crippen LogP contribution is 2.06. The Labute approximate surface area is 145 Å². The summed E-state index contributed by atoms with van der Waals surface area (Å²) in [5.41, 5.74) is 1.18. The second-order valence-corrected chi connectivity index (χ2v) is 6.38. The van der Waals surface area contributed by atoms with Crippen molar-refractivity contribution in [1.29, 1.82) is 0 Å². The molecule has 0 radical (unpaired) electrons. The molecule has 1 aliphatic heterocycles. The molecule has 1 N–H and O–H groups in total. The number of ether oxygens (including phenoxy) is 1. The van der Waals surface area contributed by atoms with E-state index in [9.17, 15) is 0 Å². The summed E-state index contributed by atoms with van der Waals surface area (Å²) in [6.45, 7) is 10.7. The van der Waals surface area contributed by atoms with Gasteiger partial charge in [-0.25, -0.2) is 0 Å². The van der Waals surface area contributed by atoms with Crippen molar-refractivity contribution >= 4 is 17.3 Å². The van der Waals surface area contributed by atoms with Gasteiger partial charge in [-0.05, 0) is 37.2 Å². The summed E-state index contributed by atoms with van der Waals surface area (Å²) in [5.74, 6) is 0. The van der Waals surface area contributed by atoms with Crippen LogP contribution in [-0.2, 0) is 11.3 Å². The number of hydrogen-bond acceptors (Lipinski definition) is 4. The number of nitrogens with zero attached hydrogens (tertiary/aromatic N) is 3. The van der Waals surface area contributed by atoms with E-state index in [1.165, 1.54) is 5.56 Å². The summed E-state index contributed by atoms with van der Waals surface area (Å²) in [5, 5.41) is 4.26. The molecule has 1 fully saturated rings. The molecule has 1 aliphatic rings. The molecule has 1 saturated heterocycles. The van der Waals surface area contributed by atoms with E-state index < -0.39 is 0 Å². The Bertz CT molecular complexity index is 465. The maximum atomic E-state index is 5.64. The standard InChI is InChI=1S/C17H28N4OS/c1-3-15(2)19-17(23)21(14-16-5-4-6-18-13-16)8-7-20-9-11-22-12-10-20/h4-6,13,15H,3,7-12,14H2,1-2H3,(H,19,23). The van der Waals surface area contributed by atoms with Gasteiger partial charge in [0.05, 0.1) is 13.2 Å². The third-order valence-electron chi connectivity index (χ3n) is 4.16. The van der Waals surface area contributed by atoms with E-state index in [1.807, 2.05) is 12.3 Å². The lowest BCUT2D eigenvalue weighted by molar-refractivity contribution is 0.0357. The average molecular weight is 337 g/mol. The van der Waals surface area contributed by atoms with E-state index in [0.717, 1.165) is 57.5 Å². The molecule has 0 aromatic carbocycles. The number of nitrogens with one attached hydrogen (secondary N) is 1. The molecule has 128 valence electrons. The summed E-state index contributed by atoms with van der Waals surface area (Å²) >= 11 is 5.64. The Morgan fingerprint density at radius 2 is 2.26 bits per heavy atom. The van der Waals surface area contributed by atoms with E-state index in [-0.39, 0.29) is 0 Å². The van der Waals surface area contributed by atoms with Crippen molar-refractivity contribution in [3.8, 4) is 0 Å². The maximum Gasteiger partial charge on any atom is 0.169 e. The first-order chi connectivity index (χ1) is 11.2. The van der Waals surface area contributed by atoms with Crippen LogP contribution in [0.15, 0.2) is 24.5 Å². The zero-order valence-corrected chi connectivity index (χ0v) is 15.0. The Kier molecular flexibility index (Phi) is 7.71. The normalized spacial score (nSPS) is 16.8. The fourth-order valence-corrected chi connectivity index (χ4v) is 2.81. The van der Waals surface area contributed by atoms with Gasteiger partial charge in [-0.1, -0.05) is 13.0 Å². The third-order valence-corrected chi connectivity index (χ3v) is 4.53. The molecular weight excluding hydrogens is 308 g/mol. The van der Waals surface area contributed by atoms with Gasteiger partial charge in [0.2, 0.25) is 0 Å². The van der Waals surface area contributed by atoms with Crippen molar-refractivity contribution in [2.45, 2.75) is 32.9 Å². The van der Waals surface area contributed by atoms with Gasteiger partial charge in [-0.2, -0.15) is 0 Å². The van der Waals surface area contributed by atoms with Gasteiger partial charge in [0.15, 0.2) is 5.11 Å². The highest BCUT2D eigenvalue weighted by Gasteiger charge is 2.16. The Balaban J connectivity index is 1.93. The topological polar surface area (TPSA) is 40.6 Å². The van der Waals surface area contributed by atoms with Crippen molar-refractivity contribution in [2.24, 2.45) is 0 Å². The van der Waals surface area contributed by atoms with Gasteiger partial charge in [-0.15, -0.1) is 0 Å². The van der Waals surface area contributed by atoms with Crippen LogP contribution in [0.4, 0.5) is 0 Å². The van der Waals surface area contributed by atoms with Crippen molar-refractivity contribution in [2.75, 3.05) is 39.4 Å². The molecule has 0 bridgehead atoms.